The maximum atomic E-state index is 11.2. The lowest BCUT2D eigenvalue weighted by molar-refractivity contribution is -0.116. The number of halogens is 1. The molecule has 0 radical (unpaired) electrons. The van der Waals surface area contributed by atoms with E-state index >= 15 is 0 Å². The topological polar surface area (TPSA) is 61.1 Å². The van der Waals surface area contributed by atoms with Crippen molar-refractivity contribution in [2.45, 2.75) is 18.4 Å². The molecule has 78 valence electrons. The van der Waals surface area contributed by atoms with E-state index < -0.39 is 4.83 Å². The van der Waals surface area contributed by atoms with Crippen LogP contribution in [0, 0.1) is 11.3 Å². The van der Waals surface area contributed by atoms with Gasteiger partial charge < -0.3 is 5.11 Å². The summed E-state index contributed by atoms with van der Waals surface area (Å²) >= 11 is 3.23. The molecule has 1 atom stereocenters. The first kappa shape index (κ1) is 11.9. The van der Waals surface area contributed by atoms with E-state index in [9.17, 15) is 4.79 Å². The Bertz CT molecular complexity index is 423. The zero-order valence-corrected chi connectivity index (χ0v) is 9.78. The first-order chi connectivity index (χ1) is 7.10. The molecule has 0 saturated heterocycles. The predicted octanol–water partition coefficient (Wildman–Crippen LogP) is 2.08. The molecule has 1 unspecified atom stereocenters. The number of aliphatic hydroxyl groups is 1. The summed E-state index contributed by atoms with van der Waals surface area (Å²) in [7, 11) is 0. The number of nitriles is 1. The van der Waals surface area contributed by atoms with Gasteiger partial charge in [0, 0.05) is 0 Å². The molecule has 1 rings (SSSR count). The van der Waals surface area contributed by atoms with Crippen molar-refractivity contribution in [2.75, 3.05) is 0 Å². The number of aliphatic hydroxyl groups excluding tert-OH is 1. The van der Waals surface area contributed by atoms with Crippen molar-refractivity contribution in [3.05, 3.63) is 34.9 Å². The summed E-state index contributed by atoms with van der Waals surface area (Å²) in [5.74, 6) is -0.0525. The summed E-state index contributed by atoms with van der Waals surface area (Å²) in [4.78, 5) is 10.7. The van der Waals surface area contributed by atoms with E-state index in [0.29, 0.717) is 16.7 Å². The molecule has 4 heteroatoms. The van der Waals surface area contributed by atoms with Crippen molar-refractivity contribution in [3.63, 3.8) is 0 Å². The van der Waals surface area contributed by atoms with E-state index in [0.717, 1.165) is 0 Å². The van der Waals surface area contributed by atoms with Crippen molar-refractivity contribution in [1.82, 2.24) is 0 Å². The number of carbonyl (C=O) groups excluding carboxylic acids is 1. The average molecular weight is 268 g/mol. The van der Waals surface area contributed by atoms with Gasteiger partial charge in [0.1, 0.15) is 5.78 Å². The molecule has 3 nitrogen and oxygen atoms in total. The highest BCUT2D eigenvalue weighted by atomic mass is 79.9. The van der Waals surface area contributed by atoms with Gasteiger partial charge in [0.2, 0.25) is 0 Å². The molecule has 0 heterocycles. The lowest BCUT2D eigenvalue weighted by atomic mass is 10.0. The highest BCUT2D eigenvalue weighted by Crippen LogP contribution is 2.27. The first-order valence-corrected chi connectivity index (χ1v) is 5.30. The van der Waals surface area contributed by atoms with Gasteiger partial charge in [-0.1, -0.05) is 28.1 Å². The zero-order chi connectivity index (χ0) is 11.4. The van der Waals surface area contributed by atoms with E-state index in [1.54, 1.807) is 18.2 Å². The minimum absolute atomic E-state index is 0.0525. The molecule has 0 aliphatic heterocycles. The molecule has 0 aliphatic rings. The highest BCUT2D eigenvalue weighted by molar-refractivity contribution is 9.09. The number of carbonyl (C=O) groups is 1. The van der Waals surface area contributed by atoms with Crippen molar-refractivity contribution in [3.8, 4) is 6.07 Å². The standard InChI is InChI=1S/C11H10BrNO2/c1-7(15)11(12)10-3-2-8(6-14)4-9(10)5-13/h2-4,11,14H,6H2,1H3. The molecule has 1 aromatic carbocycles. The number of Topliss-reactive ketones (excluding diaryl/α,β-unsaturated/α-hetero) is 1. The molecule has 0 aliphatic carbocycles. The van der Waals surface area contributed by atoms with Crippen LogP contribution in [0.1, 0.15) is 28.4 Å². The van der Waals surface area contributed by atoms with Crippen molar-refractivity contribution in [1.29, 1.82) is 5.26 Å². The number of rotatable bonds is 3. The third-order valence-corrected chi connectivity index (χ3v) is 3.19. The Kier molecular flexibility index (Phi) is 4.01. The van der Waals surface area contributed by atoms with Gasteiger partial charge in [-0.3, -0.25) is 4.79 Å². The molecule has 0 fully saturated rings. The van der Waals surface area contributed by atoms with Crippen LogP contribution in [0.3, 0.4) is 0 Å². The lowest BCUT2D eigenvalue weighted by Gasteiger charge is -2.09. The second kappa shape index (κ2) is 5.06. The average Bonchev–Trinajstić information content (AvgIpc) is 2.27. The van der Waals surface area contributed by atoms with E-state index in [-0.39, 0.29) is 12.4 Å². The van der Waals surface area contributed by atoms with Gasteiger partial charge >= 0.3 is 0 Å². The van der Waals surface area contributed by atoms with Crippen LogP contribution >= 0.6 is 15.9 Å². The second-order valence-corrected chi connectivity index (χ2v) is 4.08. The lowest BCUT2D eigenvalue weighted by Crippen LogP contribution is -2.04. The fourth-order valence-corrected chi connectivity index (χ4v) is 1.64. The summed E-state index contributed by atoms with van der Waals surface area (Å²) in [6, 6.07) is 6.99. The first-order valence-electron chi connectivity index (χ1n) is 4.38. The van der Waals surface area contributed by atoms with Crippen LogP contribution in [-0.2, 0) is 11.4 Å². The number of nitrogens with zero attached hydrogens (tertiary/aromatic N) is 1. The smallest absolute Gasteiger partial charge is 0.147 e. The van der Waals surface area contributed by atoms with E-state index in [2.05, 4.69) is 15.9 Å². The summed E-state index contributed by atoms with van der Waals surface area (Å²) in [5, 5.41) is 17.8. The Labute approximate surface area is 96.5 Å². The van der Waals surface area contributed by atoms with Crippen LogP contribution in [0.25, 0.3) is 0 Å². The number of alkyl halides is 1. The number of ketones is 1. The summed E-state index contributed by atoms with van der Waals surface area (Å²) in [6.07, 6.45) is 0. The molecule has 0 bridgehead atoms. The van der Waals surface area contributed by atoms with Gasteiger partial charge in [-0.15, -0.1) is 0 Å². The third kappa shape index (κ3) is 2.65. The largest absolute Gasteiger partial charge is 0.392 e. The molecule has 0 aromatic heterocycles. The number of hydrogen-bond donors (Lipinski definition) is 1. The second-order valence-electron chi connectivity index (χ2n) is 3.16. The molecular weight excluding hydrogens is 258 g/mol. The summed E-state index contributed by atoms with van der Waals surface area (Å²) < 4.78 is 0. The number of hydrogen-bond acceptors (Lipinski definition) is 3. The number of benzene rings is 1. The summed E-state index contributed by atoms with van der Waals surface area (Å²) in [6.45, 7) is 1.35. The van der Waals surface area contributed by atoms with Crippen LogP contribution in [0.2, 0.25) is 0 Å². The molecular formula is C11H10BrNO2. The predicted molar refractivity (Wildman–Crippen MR) is 59.4 cm³/mol. The highest BCUT2D eigenvalue weighted by Gasteiger charge is 2.16. The fraction of sp³-hybridized carbons (Fsp3) is 0.273. The Hall–Kier alpha value is -1.18. The SMILES string of the molecule is CC(=O)C(Br)c1ccc(CO)cc1C#N. The van der Waals surface area contributed by atoms with Crippen LogP contribution < -0.4 is 0 Å². The van der Waals surface area contributed by atoms with Crippen LogP contribution in [0.4, 0.5) is 0 Å². The third-order valence-electron chi connectivity index (χ3n) is 2.05. The molecule has 0 spiro atoms. The monoisotopic (exact) mass is 267 g/mol. The Morgan fingerprint density at radius 1 is 1.67 bits per heavy atom. The van der Waals surface area contributed by atoms with Gasteiger partial charge in [0.25, 0.3) is 0 Å². The maximum absolute atomic E-state index is 11.2. The van der Waals surface area contributed by atoms with Crippen molar-refractivity contribution in [2.24, 2.45) is 0 Å². The van der Waals surface area contributed by atoms with Crippen molar-refractivity contribution < 1.29 is 9.90 Å². The fourth-order valence-electron chi connectivity index (χ4n) is 1.24. The van der Waals surface area contributed by atoms with Crippen LogP contribution in [0.5, 0.6) is 0 Å². The molecule has 15 heavy (non-hydrogen) atoms. The normalized spacial score (nSPS) is 11.9. The van der Waals surface area contributed by atoms with Crippen LogP contribution in [0.15, 0.2) is 18.2 Å². The quantitative estimate of drug-likeness (QED) is 0.853. The zero-order valence-electron chi connectivity index (χ0n) is 8.20. The summed E-state index contributed by atoms with van der Waals surface area (Å²) in [5.41, 5.74) is 1.72. The molecule has 0 saturated carbocycles. The maximum Gasteiger partial charge on any atom is 0.147 e. The van der Waals surface area contributed by atoms with Crippen LogP contribution in [-0.4, -0.2) is 10.9 Å². The Balaban J connectivity index is 3.20. The van der Waals surface area contributed by atoms with Gasteiger partial charge in [-0.25, -0.2) is 0 Å². The minimum atomic E-state index is -0.458. The molecule has 1 N–H and O–H groups in total. The van der Waals surface area contributed by atoms with Gasteiger partial charge in [-0.05, 0) is 24.1 Å². The van der Waals surface area contributed by atoms with Gasteiger partial charge in [0.05, 0.1) is 23.1 Å². The van der Waals surface area contributed by atoms with E-state index in [1.165, 1.54) is 6.92 Å². The van der Waals surface area contributed by atoms with Crippen molar-refractivity contribution >= 4 is 21.7 Å². The molecule has 0 amide bonds. The van der Waals surface area contributed by atoms with E-state index in [1.807, 2.05) is 6.07 Å². The van der Waals surface area contributed by atoms with Gasteiger partial charge in [0.15, 0.2) is 0 Å². The Morgan fingerprint density at radius 2 is 2.33 bits per heavy atom. The van der Waals surface area contributed by atoms with Gasteiger partial charge in [-0.2, -0.15) is 5.26 Å². The molecule has 1 aromatic rings. The Morgan fingerprint density at radius 3 is 2.80 bits per heavy atom. The minimum Gasteiger partial charge on any atom is -0.392 e. The van der Waals surface area contributed by atoms with E-state index in [4.69, 9.17) is 10.4 Å².